The molecule has 1 aromatic rings. The highest BCUT2D eigenvalue weighted by Gasteiger charge is 2.06. The van der Waals surface area contributed by atoms with E-state index in [1.54, 1.807) is 13.0 Å². The average molecular weight is 191 g/mol. The molecule has 0 atom stereocenters. The number of amides is 1. The molecule has 0 aliphatic carbocycles. The van der Waals surface area contributed by atoms with Crippen LogP contribution in [-0.4, -0.2) is 12.2 Å². The minimum Gasteiger partial charge on any atom is -0.325 e. The van der Waals surface area contributed by atoms with Gasteiger partial charge in [-0.2, -0.15) is 0 Å². The topological polar surface area (TPSA) is 46.2 Å². The number of aryl methyl sites for hydroxylation is 1. The molecule has 0 unspecified atom stereocenters. The molecule has 1 aromatic carbocycles. The molecule has 1 N–H and O–H groups in total. The van der Waals surface area contributed by atoms with E-state index in [4.69, 9.17) is 0 Å². The Labute approximate surface area is 83.1 Å². The fourth-order valence-electron chi connectivity index (χ4n) is 1.18. The Hall–Kier alpha value is -1.64. The first-order chi connectivity index (χ1) is 6.69. The van der Waals surface area contributed by atoms with E-state index in [2.05, 4.69) is 5.32 Å². The van der Waals surface area contributed by atoms with Gasteiger partial charge < -0.3 is 5.32 Å². The van der Waals surface area contributed by atoms with Crippen molar-refractivity contribution in [3.8, 4) is 0 Å². The number of hydrogen-bond donors (Lipinski definition) is 1. The van der Waals surface area contributed by atoms with Crippen LogP contribution in [0.15, 0.2) is 18.2 Å². The van der Waals surface area contributed by atoms with E-state index in [0.29, 0.717) is 17.7 Å². The van der Waals surface area contributed by atoms with Gasteiger partial charge in [-0.1, -0.05) is 19.1 Å². The number of hydrogen-bond acceptors (Lipinski definition) is 2. The van der Waals surface area contributed by atoms with Crippen molar-refractivity contribution in [2.24, 2.45) is 0 Å². The summed E-state index contributed by atoms with van der Waals surface area (Å²) in [6.07, 6.45) is 1.17. The van der Waals surface area contributed by atoms with Crippen LogP contribution in [0.3, 0.4) is 0 Å². The second-order valence-electron chi connectivity index (χ2n) is 3.06. The van der Waals surface area contributed by atoms with E-state index in [1.807, 2.05) is 19.1 Å². The standard InChI is InChI=1S/C11H13NO2/c1-3-11(14)12-10-6-4-5-8(2)9(10)7-13/h4-7H,3H2,1-2H3,(H,12,14). The maximum Gasteiger partial charge on any atom is 0.224 e. The maximum absolute atomic E-state index is 11.1. The number of rotatable bonds is 3. The van der Waals surface area contributed by atoms with Gasteiger partial charge in [0.15, 0.2) is 6.29 Å². The van der Waals surface area contributed by atoms with Crippen molar-refractivity contribution in [1.29, 1.82) is 0 Å². The third-order valence-electron chi connectivity index (χ3n) is 2.04. The van der Waals surface area contributed by atoms with Crippen LogP contribution in [-0.2, 0) is 4.79 Å². The second kappa shape index (κ2) is 4.56. The predicted molar refractivity (Wildman–Crippen MR) is 55.5 cm³/mol. The highest BCUT2D eigenvalue weighted by Crippen LogP contribution is 2.17. The summed E-state index contributed by atoms with van der Waals surface area (Å²) < 4.78 is 0. The monoisotopic (exact) mass is 191 g/mol. The third kappa shape index (κ3) is 2.19. The Kier molecular flexibility index (Phi) is 3.40. The van der Waals surface area contributed by atoms with E-state index >= 15 is 0 Å². The number of carbonyl (C=O) groups is 2. The van der Waals surface area contributed by atoms with Crippen LogP contribution in [0.5, 0.6) is 0 Å². The summed E-state index contributed by atoms with van der Waals surface area (Å²) >= 11 is 0. The SMILES string of the molecule is CCC(=O)Nc1cccc(C)c1C=O. The maximum atomic E-state index is 11.1. The number of anilines is 1. The van der Waals surface area contributed by atoms with E-state index < -0.39 is 0 Å². The molecule has 0 aromatic heterocycles. The Morgan fingerprint density at radius 3 is 2.79 bits per heavy atom. The number of aldehydes is 1. The minimum absolute atomic E-state index is 0.0845. The van der Waals surface area contributed by atoms with Crippen LogP contribution < -0.4 is 5.32 Å². The van der Waals surface area contributed by atoms with E-state index in [1.165, 1.54) is 0 Å². The molecular weight excluding hydrogens is 178 g/mol. The summed E-state index contributed by atoms with van der Waals surface area (Å²) in [5, 5.41) is 2.68. The largest absolute Gasteiger partial charge is 0.325 e. The zero-order valence-corrected chi connectivity index (χ0v) is 8.33. The summed E-state index contributed by atoms with van der Waals surface area (Å²) in [5.74, 6) is -0.0845. The highest BCUT2D eigenvalue weighted by atomic mass is 16.1. The Bertz CT molecular complexity index is 358. The normalized spacial score (nSPS) is 9.57. The molecule has 14 heavy (non-hydrogen) atoms. The Morgan fingerprint density at radius 2 is 2.21 bits per heavy atom. The van der Waals surface area contributed by atoms with Crippen LogP contribution in [0, 0.1) is 6.92 Å². The lowest BCUT2D eigenvalue weighted by Crippen LogP contribution is -2.11. The van der Waals surface area contributed by atoms with Crippen LogP contribution in [0.25, 0.3) is 0 Å². The Morgan fingerprint density at radius 1 is 1.50 bits per heavy atom. The predicted octanol–water partition coefficient (Wildman–Crippen LogP) is 2.16. The van der Waals surface area contributed by atoms with Gasteiger partial charge in [-0.15, -0.1) is 0 Å². The lowest BCUT2D eigenvalue weighted by Gasteiger charge is -2.07. The van der Waals surface area contributed by atoms with Gasteiger partial charge in [0, 0.05) is 12.0 Å². The molecular formula is C11H13NO2. The third-order valence-corrected chi connectivity index (χ3v) is 2.04. The molecule has 0 fully saturated rings. The molecule has 0 bridgehead atoms. The summed E-state index contributed by atoms with van der Waals surface area (Å²) in [5.41, 5.74) is 2.01. The first kappa shape index (κ1) is 10.4. The van der Waals surface area contributed by atoms with Crippen molar-refractivity contribution in [1.82, 2.24) is 0 Å². The summed E-state index contributed by atoms with van der Waals surface area (Å²) in [7, 11) is 0. The van der Waals surface area contributed by atoms with Gasteiger partial charge in [0.05, 0.1) is 5.69 Å². The van der Waals surface area contributed by atoms with Crippen LogP contribution in [0.2, 0.25) is 0 Å². The smallest absolute Gasteiger partial charge is 0.224 e. The van der Waals surface area contributed by atoms with Gasteiger partial charge >= 0.3 is 0 Å². The lowest BCUT2D eigenvalue weighted by atomic mass is 10.1. The van der Waals surface area contributed by atoms with Crippen molar-refractivity contribution in [2.75, 3.05) is 5.32 Å². The number of carbonyl (C=O) groups excluding carboxylic acids is 2. The molecule has 3 heteroatoms. The summed E-state index contributed by atoms with van der Waals surface area (Å²) in [6, 6.07) is 5.38. The molecule has 0 radical (unpaired) electrons. The van der Waals surface area contributed by atoms with Gasteiger partial charge in [-0.3, -0.25) is 9.59 Å². The molecule has 3 nitrogen and oxygen atoms in total. The van der Waals surface area contributed by atoms with Crippen molar-refractivity contribution in [3.63, 3.8) is 0 Å². The minimum atomic E-state index is -0.0845. The van der Waals surface area contributed by atoms with Crippen molar-refractivity contribution < 1.29 is 9.59 Å². The first-order valence-corrected chi connectivity index (χ1v) is 4.53. The van der Waals surface area contributed by atoms with Crippen LogP contribution >= 0.6 is 0 Å². The fourth-order valence-corrected chi connectivity index (χ4v) is 1.18. The quantitative estimate of drug-likeness (QED) is 0.744. The first-order valence-electron chi connectivity index (χ1n) is 4.53. The van der Waals surface area contributed by atoms with E-state index in [9.17, 15) is 9.59 Å². The second-order valence-corrected chi connectivity index (χ2v) is 3.06. The van der Waals surface area contributed by atoms with Crippen LogP contribution in [0.4, 0.5) is 5.69 Å². The highest BCUT2D eigenvalue weighted by molar-refractivity contribution is 5.96. The van der Waals surface area contributed by atoms with Gasteiger partial charge in [0.1, 0.15) is 0 Å². The zero-order chi connectivity index (χ0) is 10.6. The molecule has 0 heterocycles. The van der Waals surface area contributed by atoms with Gasteiger partial charge in [-0.25, -0.2) is 0 Å². The molecule has 0 aliphatic rings. The van der Waals surface area contributed by atoms with Gasteiger partial charge in [0.2, 0.25) is 5.91 Å². The average Bonchev–Trinajstić information content (AvgIpc) is 2.18. The molecule has 0 spiro atoms. The van der Waals surface area contributed by atoms with Gasteiger partial charge in [0.25, 0.3) is 0 Å². The number of nitrogens with one attached hydrogen (secondary N) is 1. The molecule has 0 aliphatic heterocycles. The van der Waals surface area contributed by atoms with Crippen molar-refractivity contribution in [2.45, 2.75) is 20.3 Å². The van der Waals surface area contributed by atoms with Gasteiger partial charge in [-0.05, 0) is 18.6 Å². The van der Waals surface area contributed by atoms with Crippen molar-refractivity contribution in [3.05, 3.63) is 29.3 Å². The Balaban J connectivity index is 3.02. The van der Waals surface area contributed by atoms with Crippen LogP contribution in [0.1, 0.15) is 29.3 Å². The molecule has 1 rings (SSSR count). The summed E-state index contributed by atoms with van der Waals surface area (Å²) in [6.45, 7) is 3.61. The lowest BCUT2D eigenvalue weighted by molar-refractivity contribution is -0.115. The molecule has 1 amide bonds. The molecule has 0 saturated heterocycles. The molecule has 74 valence electrons. The summed E-state index contributed by atoms with van der Waals surface area (Å²) in [4.78, 5) is 21.9. The van der Waals surface area contributed by atoms with Crippen molar-refractivity contribution >= 4 is 17.9 Å². The molecule has 0 saturated carbocycles. The zero-order valence-electron chi connectivity index (χ0n) is 8.33. The fraction of sp³-hybridized carbons (Fsp3) is 0.273. The van der Waals surface area contributed by atoms with E-state index in [-0.39, 0.29) is 5.91 Å². The van der Waals surface area contributed by atoms with E-state index in [0.717, 1.165) is 11.8 Å². The number of benzene rings is 1.